The number of hydrogen-bond acceptors (Lipinski definition) is 4. The van der Waals surface area contributed by atoms with Gasteiger partial charge in [-0.15, -0.1) is 0 Å². The van der Waals surface area contributed by atoms with Crippen LogP contribution in [0.3, 0.4) is 0 Å². The predicted molar refractivity (Wildman–Crippen MR) is 96.8 cm³/mol. The van der Waals surface area contributed by atoms with Gasteiger partial charge in [-0.25, -0.2) is 13.1 Å². The van der Waals surface area contributed by atoms with Gasteiger partial charge in [0.15, 0.2) is 0 Å². The first kappa shape index (κ1) is 18.1. The molecule has 1 amide bonds. The van der Waals surface area contributed by atoms with Gasteiger partial charge < -0.3 is 5.32 Å². The number of benzene rings is 2. The van der Waals surface area contributed by atoms with Crippen LogP contribution in [-0.2, 0) is 10.0 Å². The highest BCUT2D eigenvalue weighted by Gasteiger charge is 2.28. The van der Waals surface area contributed by atoms with E-state index in [1.807, 2.05) is 6.92 Å². The largest absolute Gasteiger partial charge is 0.346 e. The Morgan fingerprint density at radius 3 is 2.27 bits per heavy atom. The molecule has 7 heteroatoms. The molecule has 1 aliphatic carbocycles. The molecule has 2 N–H and O–H groups in total. The van der Waals surface area contributed by atoms with Crippen molar-refractivity contribution in [2.75, 3.05) is 0 Å². The van der Waals surface area contributed by atoms with E-state index in [9.17, 15) is 13.2 Å². The number of hydrogen-bond donors (Lipinski definition) is 2. The van der Waals surface area contributed by atoms with E-state index in [0.717, 1.165) is 18.4 Å². The molecule has 26 heavy (non-hydrogen) atoms. The second-order valence-electron chi connectivity index (χ2n) is 6.35. The monoisotopic (exact) mass is 369 g/mol. The van der Waals surface area contributed by atoms with Gasteiger partial charge in [0.2, 0.25) is 10.0 Å². The van der Waals surface area contributed by atoms with Crippen LogP contribution in [0.2, 0.25) is 0 Å². The van der Waals surface area contributed by atoms with Crippen LogP contribution in [0.15, 0.2) is 53.4 Å². The SMILES string of the molecule is CC(NC(=O)c1ccc(S(=O)(=O)NC2CC2)cc1)c1ccc(C#N)cc1. The highest BCUT2D eigenvalue weighted by molar-refractivity contribution is 7.89. The third kappa shape index (κ3) is 4.28. The van der Waals surface area contributed by atoms with Crippen LogP contribution in [0, 0.1) is 11.3 Å². The number of nitriles is 1. The van der Waals surface area contributed by atoms with E-state index in [1.165, 1.54) is 24.3 Å². The van der Waals surface area contributed by atoms with Crippen LogP contribution in [0.4, 0.5) is 0 Å². The summed E-state index contributed by atoms with van der Waals surface area (Å²) >= 11 is 0. The summed E-state index contributed by atoms with van der Waals surface area (Å²) in [5, 5.41) is 11.7. The van der Waals surface area contributed by atoms with Crippen molar-refractivity contribution in [3.8, 4) is 6.07 Å². The van der Waals surface area contributed by atoms with E-state index >= 15 is 0 Å². The van der Waals surface area contributed by atoms with Gasteiger partial charge in [0, 0.05) is 11.6 Å². The molecule has 2 aromatic carbocycles. The number of carbonyl (C=O) groups excluding carboxylic acids is 1. The Balaban J connectivity index is 1.66. The molecule has 1 atom stereocenters. The summed E-state index contributed by atoms with van der Waals surface area (Å²) < 4.78 is 26.9. The fourth-order valence-electron chi connectivity index (χ4n) is 2.48. The minimum absolute atomic E-state index is 0.0382. The zero-order valence-electron chi connectivity index (χ0n) is 14.3. The molecule has 0 aromatic heterocycles. The van der Waals surface area contributed by atoms with E-state index in [-0.39, 0.29) is 22.9 Å². The van der Waals surface area contributed by atoms with Crippen molar-refractivity contribution in [2.24, 2.45) is 0 Å². The first-order chi connectivity index (χ1) is 12.4. The van der Waals surface area contributed by atoms with Gasteiger partial charge in [-0.2, -0.15) is 5.26 Å². The van der Waals surface area contributed by atoms with Crippen molar-refractivity contribution in [1.82, 2.24) is 10.0 Å². The van der Waals surface area contributed by atoms with Gasteiger partial charge in [0.05, 0.1) is 22.6 Å². The minimum atomic E-state index is -3.52. The molecule has 1 saturated carbocycles. The van der Waals surface area contributed by atoms with Crippen molar-refractivity contribution in [1.29, 1.82) is 5.26 Å². The lowest BCUT2D eigenvalue weighted by Gasteiger charge is -2.14. The fourth-order valence-corrected chi connectivity index (χ4v) is 3.79. The summed E-state index contributed by atoms with van der Waals surface area (Å²) in [7, 11) is -3.52. The summed E-state index contributed by atoms with van der Waals surface area (Å²) in [6.07, 6.45) is 1.74. The van der Waals surface area contributed by atoms with Gasteiger partial charge in [0.1, 0.15) is 0 Å². The van der Waals surface area contributed by atoms with Crippen LogP contribution in [-0.4, -0.2) is 20.4 Å². The zero-order chi connectivity index (χ0) is 18.7. The highest BCUT2D eigenvalue weighted by Crippen LogP contribution is 2.22. The molecule has 0 spiro atoms. The van der Waals surface area contributed by atoms with E-state index in [4.69, 9.17) is 5.26 Å². The molecule has 0 heterocycles. The second kappa shape index (κ2) is 7.28. The zero-order valence-corrected chi connectivity index (χ0v) is 15.1. The first-order valence-electron chi connectivity index (χ1n) is 8.32. The maximum atomic E-state index is 12.4. The Morgan fingerprint density at radius 1 is 1.12 bits per heavy atom. The maximum absolute atomic E-state index is 12.4. The maximum Gasteiger partial charge on any atom is 0.251 e. The number of rotatable bonds is 6. The third-order valence-electron chi connectivity index (χ3n) is 4.21. The van der Waals surface area contributed by atoms with Crippen LogP contribution in [0.25, 0.3) is 0 Å². The Kier molecular flexibility index (Phi) is 5.07. The average molecular weight is 369 g/mol. The van der Waals surface area contributed by atoms with Crippen LogP contribution in [0.5, 0.6) is 0 Å². The standard InChI is InChI=1S/C19H19N3O3S/c1-13(15-4-2-14(12-20)3-5-15)21-19(23)16-6-10-18(11-7-16)26(24,25)22-17-8-9-17/h2-7,10-11,13,17,22H,8-9H2,1H3,(H,21,23). The van der Waals surface area contributed by atoms with E-state index in [0.29, 0.717) is 11.1 Å². The lowest BCUT2D eigenvalue weighted by molar-refractivity contribution is 0.0940. The third-order valence-corrected chi connectivity index (χ3v) is 5.75. The van der Waals surface area contributed by atoms with Crippen molar-refractivity contribution < 1.29 is 13.2 Å². The number of carbonyl (C=O) groups is 1. The molecule has 1 unspecified atom stereocenters. The number of sulfonamides is 1. The normalized spacial score (nSPS) is 15.1. The summed E-state index contributed by atoms with van der Waals surface area (Å²) in [5.41, 5.74) is 1.82. The second-order valence-corrected chi connectivity index (χ2v) is 8.06. The molecule has 0 aliphatic heterocycles. The molecular formula is C19H19N3O3S. The molecule has 0 bridgehead atoms. The van der Waals surface area contributed by atoms with Gasteiger partial charge in [0.25, 0.3) is 5.91 Å². The summed E-state index contributed by atoms with van der Waals surface area (Å²) in [5.74, 6) is -0.291. The van der Waals surface area contributed by atoms with Crippen molar-refractivity contribution in [2.45, 2.75) is 36.7 Å². The van der Waals surface area contributed by atoms with Gasteiger partial charge in [-0.3, -0.25) is 4.79 Å². The summed E-state index contributed by atoms with van der Waals surface area (Å²) in [4.78, 5) is 12.5. The number of nitrogens with zero attached hydrogens (tertiary/aromatic N) is 1. The lowest BCUT2D eigenvalue weighted by Crippen LogP contribution is -2.27. The molecule has 2 aromatic rings. The van der Waals surface area contributed by atoms with E-state index in [2.05, 4.69) is 16.1 Å². The molecule has 1 aliphatic rings. The van der Waals surface area contributed by atoms with Crippen molar-refractivity contribution in [3.05, 3.63) is 65.2 Å². The topological polar surface area (TPSA) is 99.1 Å². The lowest BCUT2D eigenvalue weighted by atomic mass is 10.1. The Bertz CT molecular complexity index is 941. The number of amides is 1. The van der Waals surface area contributed by atoms with Crippen LogP contribution in [0.1, 0.15) is 47.3 Å². The Hall–Kier alpha value is -2.69. The van der Waals surface area contributed by atoms with Gasteiger partial charge in [-0.1, -0.05) is 12.1 Å². The molecule has 6 nitrogen and oxygen atoms in total. The molecule has 1 fully saturated rings. The first-order valence-corrected chi connectivity index (χ1v) is 9.81. The molecule has 3 rings (SSSR count). The Morgan fingerprint density at radius 2 is 1.73 bits per heavy atom. The molecule has 134 valence electrons. The van der Waals surface area contributed by atoms with Gasteiger partial charge >= 0.3 is 0 Å². The summed E-state index contributed by atoms with van der Waals surface area (Å²) in [6, 6.07) is 14.7. The number of nitrogens with one attached hydrogen (secondary N) is 2. The van der Waals surface area contributed by atoms with Crippen molar-refractivity contribution >= 4 is 15.9 Å². The molecular weight excluding hydrogens is 350 g/mol. The smallest absolute Gasteiger partial charge is 0.251 e. The minimum Gasteiger partial charge on any atom is -0.346 e. The van der Waals surface area contributed by atoms with E-state index < -0.39 is 10.0 Å². The highest BCUT2D eigenvalue weighted by atomic mass is 32.2. The fraction of sp³-hybridized carbons (Fsp3) is 0.263. The molecule has 0 radical (unpaired) electrons. The molecule has 0 saturated heterocycles. The van der Waals surface area contributed by atoms with Crippen molar-refractivity contribution in [3.63, 3.8) is 0 Å². The van der Waals surface area contributed by atoms with Crippen LogP contribution >= 0.6 is 0 Å². The van der Waals surface area contributed by atoms with Gasteiger partial charge in [-0.05, 0) is 61.7 Å². The summed E-state index contributed by atoms with van der Waals surface area (Å²) in [6.45, 7) is 1.84. The van der Waals surface area contributed by atoms with E-state index in [1.54, 1.807) is 24.3 Å². The average Bonchev–Trinajstić information content (AvgIpc) is 3.45. The predicted octanol–water partition coefficient (Wildman–Crippen LogP) is 2.49. The van der Waals surface area contributed by atoms with Crippen LogP contribution < -0.4 is 10.0 Å². The quantitative estimate of drug-likeness (QED) is 0.817. The Labute approximate surface area is 152 Å².